The number of rotatable bonds is 12. The van der Waals surface area contributed by atoms with Gasteiger partial charge in [0.1, 0.15) is 17.8 Å². The summed E-state index contributed by atoms with van der Waals surface area (Å²) in [6.45, 7) is 0.813. The molecule has 0 aliphatic heterocycles. The van der Waals surface area contributed by atoms with Crippen LogP contribution >= 0.6 is 0 Å². The molecule has 13 nitrogen and oxygen atoms in total. The summed E-state index contributed by atoms with van der Waals surface area (Å²) in [5.74, 6) is -4.26. The zero-order valence-corrected chi connectivity index (χ0v) is 19.1. The van der Waals surface area contributed by atoms with Crippen LogP contribution in [0.25, 0.3) is 11.1 Å². The first-order valence-corrected chi connectivity index (χ1v) is 10.6. The molecular weight excluding hydrogens is 476 g/mol. The van der Waals surface area contributed by atoms with E-state index in [0.717, 1.165) is 11.1 Å². The molecule has 0 bridgehead atoms. The molecule has 3 atom stereocenters. The Morgan fingerprint density at radius 3 is 1.97 bits per heavy atom. The summed E-state index contributed by atoms with van der Waals surface area (Å²) in [6.07, 6.45) is -1.78. The number of carboxylic acids is 1. The predicted octanol–water partition coefficient (Wildman–Crippen LogP) is -0.838. The van der Waals surface area contributed by atoms with Gasteiger partial charge in [0.05, 0.1) is 12.5 Å². The van der Waals surface area contributed by atoms with Crippen LogP contribution in [0.15, 0.2) is 48.5 Å². The lowest BCUT2D eigenvalue weighted by Crippen LogP contribution is -2.51. The van der Waals surface area contributed by atoms with Crippen molar-refractivity contribution in [3.63, 3.8) is 0 Å². The summed E-state index contributed by atoms with van der Waals surface area (Å²) in [6, 6.07) is 10.1. The lowest BCUT2D eigenvalue weighted by Gasteiger charge is -2.19. The molecule has 36 heavy (non-hydrogen) atoms. The van der Waals surface area contributed by atoms with Gasteiger partial charge in [0, 0.05) is 5.56 Å². The van der Waals surface area contributed by atoms with Crippen molar-refractivity contribution in [1.29, 1.82) is 0 Å². The fraction of sp³-hybridized carbons (Fsp3) is 0.261. The maximum Gasteiger partial charge on any atom is 0.326 e. The number of carbonyl (C=O) groups excluding carboxylic acids is 4. The minimum atomic E-state index is -1.45. The molecule has 0 spiro atoms. The first-order valence-electron chi connectivity index (χ1n) is 10.6. The highest BCUT2D eigenvalue weighted by atomic mass is 16.5. The molecular formula is C23H26N4O9. The fourth-order valence-electron chi connectivity index (χ4n) is 3.04. The van der Waals surface area contributed by atoms with E-state index in [1.165, 1.54) is 24.5 Å². The third-order valence-corrected chi connectivity index (χ3v) is 4.90. The van der Waals surface area contributed by atoms with E-state index in [1.54, 1.807) is 36.4 Å². The van der Waals surface area contributed by atoms with Gasteiger partial charge < -0.3 is 31.3 Å². The largest absolute Gasteiger partial charge is 0.484 e. The Morgan fingerprint density at radius 1 is 0.944 bits per heavy atom. The van der Waals surface area contributed by atoms with Gasteiger partial charge in [0.2, 0.25) is 5.91 Å². The second-order valence-electron chi connectivity index (χ2n) is 7.69. The van der Waals surface area contributed by atoms with Crippen molar-refractivity contribution >= 4 is 29.6 Å². The van der Waals surface area contributed by atoms with Crippen molar-refractivity contribution in [3.05, 3.63) is 54.1 Å². The highest BCUT2D eigenvalue weighted by Crippen LogP contribution is 2.23. The van der Waals surface area contributed by atoms with Gasteiger partial charge in [-0.3, -0.25) is 24.4 Å². The van der Waals surface area contributed by atoms with E-state index in [2.05, 4.69) is 10.6 Å². The van der Waals surface area contributed by atoms with Crippen LogP contribution in [0.2, 0.25) is 0 Å². The summed E-state index contributed by atoms with van der Waals surface area (Å²) in [5, 5.41) is 31.9. The molecule has 0 heterocycles. The van der Waals surface area contributed by atoms with Crippen LogP contribution in [0.3, 0.4) is 0 Å². The number of hydrogen-bond donors (Lipinski definition) is 7. The summed E-state index contributed by atoms with van der Waals surface area (Å²) in [5.41, 5.74) is 8.07. The molecule has 0 aliphatic rings. The predicted molar refractivity (Wildman–Crippen MR) is 124 cm³/mol. The molecule has 13 heteroatoms. The number of nitrogens with one attached hydrogen (secondary N) is 3. The highest BCUT2D eigenvalue weighted by molar-refractivity contribution is 5.98. The Morgan fingerprint density at radius 2 is 1.50 bits per heavy atom. The molecule has 1 unspecified atom stereocenters. The average Bonchev–Trinajstić information content (AvgIpc) is 2.85. The van der Waals surface area contributed by atoms with Gasteiger partial charge in [0.15, 0.2) is 6.61 Å². The molecule has 0 radical (unpaired) electrons. The van der Waals surface area contributed by atoms with Crippen molar-refractivity contribution in [1.82, 2.24) is 16.1 Å². The molecule has 8 N–H and O–H groups in total. The van der Waals surface area contributed by atoms with E-state index in [9.17, 15) is 29.1 Å². The number of aliphatic hydroxyl groups is 1. The van der Waals surface area contributed by atoms with E-state index in [0.29, 0.717) is 5.75 Å². The average molecular weight is 502 g/mol. The van der Waals surface area contributed by atoms with E-state index < -0.39 is 60.8 Å². The van der Waals surface area contributed by atoms with E-state index in [4.69, 9.17) is 20.8 Å². The van der Waals surface area contributed by atoms with Crippen molar-refractivity contribution < 1.29 is 44.1 Å². The Labute approximate surface area is 205 Å². The first kappa shape index (κ1) is 27.8. The number of ether oxygens (including phenoxy) is 1. The van der Waals surface area contributed by atoms with Crippen LogP contribution in [0.5, 0.6) is 5.75 Å². The Bertz CT molecular complexity index is 1100. The molecule has 2 rings (SSSR count). The SMILES string of the molecule is C[C@@H](O)[C@H](NC(=O)c1ccc(-c2ccc(OCC(=O)NC(CC(N)=O)C(=O)O)cc2)cc1)C(=O)NO. The zero-order valence-electron chi connectivity index (χ0n) is 19.1. The van der Waals surface area contributed by atoms with Crippen LogP contribution in [0.4, 0.5) is 0 Å². The van der Waals surface area contributed by atoms with Gasteiger partial charge >= 0.3 is 5.97 Å². The number of aliphatic carboxylic acids is 1. The first-order chi connectivity index (χ1) is 17.0. The van der Waals surface area contributed by atoms with Gasteiger partial charge in [-0.15, -0.1) is 0 Å². The third-order valence-electron chi connectivity index (χ3n) is 4.90. The van der Waals surface area contributed by atoms with Gasteiger partial charge in [-0.05, 0) is 42.3 Å². The minimum absolute atomic E-state index is 0.220. The highest BCUT2D eigenvalue weighted by Gasteiger charge is 2.26. The summed E-state index contributed by atoms with van der Waals surface area (Å²) < 4.78 is 5.33. The molecule has 0 fully saturated rings. The molecule has 0 aromatic heterocycles. The van der Waals surface area contributed by atoms with Crippen molar-refractivity contribution in [2.75, 3.05) is 6.61 Å². The van der Waals surface area contributed by atoms with Gasteiger partial charge in [-0.1, -0.05) is 24.3 Å². The van der Waals surface area contributed by atoms with Crippen LogP contribution in [0, 0.1) is 0 Å². The molecule has 2 aromatic rings. The van der Waals surface area contributed by atoms with Crippen LogP contribution < -0.4 is 26.6 Å². The molecule has 0 aliphatic carbocycles. The number of hydroxylamine groups is 1. The molecule has 4 amide bonds. The molecule has 192 valence electrons. The number of carbonyl (C=O) groups is 5. The van der Waals surface area contributed by atoms with Crippen molar-refractivity contribution in [2.45, 2.75) is 31.5 Å². The lowest BCUT2D eigenvalue weighted by atomic mass is 10.0. The number of aliphatic hydroxyl groups excluding tert-OH is 1. The van der Waals surface area contributed by atoms with Crippen molar-refractivity contribution in [2.24, 2.45) is 5.73 Å². The Balaban J connectivity index is 1.96. The molecule has 0 saturated heterocycles. The summed E-state index contributed by atoms with van der Waals surface area (Å²) in [7, 11) is 0. The second kappa shape index (κ2) is 12.8. The van der Waals surface area contributed by atoms with Gasteiger partial charge in [-0.25, -0.2) is 10.3 Å². The lowest BCUT2D eigenvalue weighted by molar-refractivity contribution is -0.143. The van der Waals surface area contributed by atoms with Gasteiger partial charge in [-0.2, -0.15) is 0 Å². The molecule has 0 saturated carbocycles. The normalized spacial score (nSPS) is 13.0. The monoisotopic (exact) mass is 502 g/mol. The number of primary amides is 1. The number of carboxylic acid groups (broad SMARTS) is 1. The van der Waals surface area contributed by atoms with E-state index in [1.807, 2.05) is 0 Å². The minimum Gasteiger partial charge on any atom is -0.484 e. The summed E-state index contributed by atoms with van der Waals surface area (Å²) in [4.78, 5) is 57.8. The maximum atomic E-state index is 12.4. The zero-order chi connectivity index (χ0) is 26.8. The number of hydrogen-bond acceptors (Lipinski definition) is 8. The Hall–Kier alpha value is -4.49. The smallest absolute Gasteiger partial charge is 0.326 e. The number of amides is 4. The third kappa shape index (κ3) is 8.07. The van der Waals surface area contributed by atoms with Crippen LogP contribution in [-0.2, 0) is 19.2 Å². The van der Waals surface area contributed by atoms with Crippen LogP contribution in [0.1, 0.15) is 23.7 Å². The van der Waals surface area contributed by atoms with E-state index >= 15 is 0 Å². The maximum absolute atomic E-state index is 12.4. The van der Waals surface area contributed by atoms with Gasteiger partial charge in [0.25, 0.3) is 17.7 Å². The number of nitrogens with two attached hydrogens (primary N) is 1. The number of benzene rings is 2. The van der Waals surface area contributed by atoms with E-state index in [-0.39, 0.29) is 5.56 Å². The summed E-state index contributed by atoms with van der Waals surface area (Å²) >= 11 is 0. The standard InChI is InChI=1S/C23H26N4O9/c1-12(28)20(22(32)27-35)26-21(31)15-4-2-13(3-5-15)14-6-8-16(9-7-14)36-11-19(30)25-17(23(33)34)10-18(24)29/h2-9,12,17,20,28,35H,10-11H2,1H3,(H2,24,29)(H,25,30)(H,26,31)(H,27,32)(H,33,34)/t12-,17?,20+/m1/s1. The Kier molecular flexibility index (Phi) is 9.89. The topological polar surface area (TPSA) is 217 Å². The molecule has 2 aromatic carbocycles. The van der Waals surface area contributed by atoms with Crippen molar-refractivity contribution in [3.8, 4) is 16.9 Å². The fourth-order valence-corrected chi connectivity index (χ4v) is 3.04. The van der Waals surface area contributed by atoms with Crippen LogP contribution in [-0.4, -0.2) is 69.8 Å². The quantitative estimate of drug-likeness (QED) is 0.142. The second-order valence-corrected chi connectivity index (χ2v) is 7.69.